The molecule has 0 saturated carbocycles. The van der Waals surface area contributed by atoms with Gasteiger partial charge in [-0.2, -0.15) is 0 Å². The average molecular weight is 338 g/mol. The Morgan fingerprint density at radius 1 is 1.18 bits per heavy atom. The summed E-state index contributed by atoms with van der Waals surface area (Å²) in [5.74, 6) is 1.47. The molecule has 1 aromatic carbocycles. The van der Waals surface area contributed by atoms with E-state index in [-0.39, 0.29) is 0 Å². The molecule has 0 amide bonds. The number of methoxy groups -OCH3 is 2. The van der Waals surface area contributed by atoms with Crippen LogP contribution in [0.4, 0.5) is 0 Å². The number of benzene rings is 1. The van der Waals surface area contributed by atoms with Gasteiger partial charge in [0.15, 0.2) is 0 Å². The number of nitriles is 1. The van der Waals surface area contributed by atoms with Gasteiger partial charge in [-0.25, -0.2) is 0 Å². The summed E-state index contributed by atoms with van der Waals surface area (Å²) in [5.41, 5.74) is 0.562. The van der Waals surface area contributed by atoms with Crippen molar-refractivity contribution in [2.24, 2.45) is 0 Å². The maximum absolute atomic E-state index is 9.13. The molecule has 0 atom stereocenters. The molecule has 0 saturated heterocycles. The summed E-state index contributed by atoms with van der Waals surface area (Å²) in [6.07, 6.45) is 0. The Kier molecular flexibility index (Phi) is 4.69. The van der Waals surface area contributed by atoms with Crippen LogP contribution in [0.1, 0.15) is 26.3 Å². The van der Waals surface area contributed by atoms with Gasteiger partial charge < -0.3 is 0 Å². The molecule has 90 valence electrons. The van der Waals surface area contributed by atoms with Crippen LogP contribution in [0.15, 0.2) is 12.1 Å². The molecule has 0 heterocycles. The van der Waals surface area contributed by atoms with Gasteiger partial charge in [-0.3, -0.25) is 0 Å². The van der Waals surface area contributed by atoms with Crippen LogP contribution in [0.5, 0.6) is 11.5 Å². The third-order valence-electron chi connectivity index (χ3n) is 2.13. The first-order valence-corrected chi connectivity index (χ1v) is 8.21. The molecular weight excluding hydrogens is 321 g/mol. The fraction of sp³-hybridized carbons (Fsp3) is 0.462. The zero-order valence-corrected chi connectivity index (χ0v) is 13.8. The van der Waals surface area contributed by atoms with E-state index in [1.54, 1.807) is 20.3 Å². The Morgan fingerprint density at radius 3 is 2.24 bits per heavy atom. The van der Waals surface area contributed by atoms with Gasteiger partial charge in [-0.15, -0.1) is 0 Å². The summed E-state index contributed by atoms with van der Waals surface area (Å²) in [4.78, 5) is 0. The van der Waals surface area contributed by atoms with Crippen LogP contribution in [0, 0.1) is 11.3 Å². The van der Waals surface area contributed by atoms with E-state index in [4.69, 9.17) is 14.7 Å². The molecule has 0 fully saturated rings. The van der Waals surface area contributed by atoms with E-state index < -0.39 is 21.1 Å². The SMILES string of the molecule is COc1cc(C#N)c(OC)[c]([Sn][C](C)(C)C)c1. The van der Waals surface area contributed by atoms with Crippen LogP contribution in [-0.4, -0.2) is 35.4 Å². The van der Waals surface area contributed by atoms with Crippen LogP contribution in [0.2, 0.25) is 3.43 Å². The Morgan fingerprint density at radius 2 is 1.82 bits per heavy atom. The molecule has 0 aromatic heterocycles. The molecule has 1 aromatic rings. The van der Waals surface area contributed by atoms with E-state index in [1.807, 2.05) is 6.07 Å². The summed E-state index contributed by atoms with van der Waals surface area (Å²) in [6.45, 7) is 6.68. The Balaban J connectivity index is 3.30. The monoisotopic (exact) mass is 339 g/mol. The van der Waals surface area contributed by atoms with E-state index in [1.165, 1.54) is 3.58 Å². The summed E-state index contributed by atoms with van der Waals surface area (Å²) in [7, 11) is 3.24. The van der Waals surface area contributed by atoms with Gasteiger partial charge in [0.1, 0.15) is 0 Å². The molecule has 4 heteroatoms. The first-order chi connectivity index (χ1) is 7.91. The third kappa shape index (κ3) is 3.81. The summed E-state index contributed by atoms with van der Waals surface area (Å²) < 4.78 is 12.1. The van der Waals surface area contributed by atoms with Gasteiger partial charge in [-0.05, 0) is 0 Å². The topological polar surface area (TPSA) is 42.2 Å². The van der Waals surface area contributed by atoms with Crippen molar-refractivity contribution in [3.05, 3.63) is 17.7 Å². The van der Waals surface area contributed by atoms with Crippen molar-refractivity contribution in [2.45, 2.75) is 24.2 Å². The summed E-state index contributed by atoms with van der Waals surface area (Å²) in [5, 5.41) is 9.13. The maximum atomic E-state index is 9.13. The molecule has 3 nitrogen and oxygen atoms in total. The van der Waals surface area contributed by atoms with Gasteiger partial charge in [0, 0.05) is 0 Å². The predicted octanol–water partition coefficient (Wildman–Crippen LogP) is 2.12. The zero-order chi connectivity index (χ0) is 13.1. The van der Waals surface area contributed by atoms with E-state index in [0.29, 0.717) is 8.99 Å². The molecule has 0 aliphatic heterocycles. The van der Waals surface area contributed by atoms with Crippen LogP contribution in [0.3, 0.4) is 0 Å². The van der Waals surface area contributed by atoms with Crippen molar-refractivity contribution in [1.29, 1.82) is 5.26 Å². The molecule has 0 unspecified atom stereocenters. The molecule has 17 heavy (non-hydrogen) atoms. The summed E-state index contributed by atoms with van der Waals surface area (Å²) >= 11 is -0.836. The zero-order valence-electron chi connectivity index (χ0n) is 10.9. The number of ether oxygens (including phenoxy) is 2. The van der Waals surface area contributed by atoms with Crippen LogP contribution in [0.25, 0.3) is 0 Å². The van der Waals surface area contributed by atoms with E-state index >= 15 is 0 Å². The predicted molar refractivity (Wildman–Crippen MR) is 69.4 cm³/mol. The second-order valence-electron chi connectivity index (χ2n) is 4.74. The Hall–Kier alpha value is -0.891. The first-order valence-electron chi connectivity index (χ1n) is 5.35. The van der Waals surface area contributed by atoms with Gasteiger partial charge in [0.25, 0.3) is 0 Å². The van der Waals surface area contributed by atoms with Crippen LogP contribution < -0.4 is 13.1 Å². The minimum atomic E-state index is -0.836. The van der Waals surface area contributed by atoms with Crippen molar-refractivity contribution in [3.8, 4) is 17.6 Å². The quantitative estimate of drug-likeness (QED) is 0.793. The molecule has 2 radical (unpaired) electrons. The summed E-state index contributed by atoms with van der Waals surface area (Å²) in [6, 6.07) is 5.91. The second kappa shape index (κ2) is 5.63. The number of rotatable bonds is 3. The average Bonchev–Trinajstić information content (AvgIpc) is 2.25. The van der Waals surface area contributed by atoms with Crippen LogP contribution >= 0.6 is 0 Å². The second-order valence-corrected chi connectivity index (χ2v) is 11.3. The third-order valence-corrected chi connectivity index (χ3v) is 6.10. The van der Waals surface area contributed by atoms with Crippen LogP contribution in [-0.2, 0) is 0 Å². The van der Waals surface area contributed by atoms with Gasteiger partial charge >= 0.3 is 113 Å². The van der Waals surface area contributed by atoms with E-state index in [0.717, 1.165) is 11.5 Å². The number of hydrogen-bond acceptors (Lipinski definition) is 3. The normalized spacial score (nSPS) is 10.8. The van der Waals surface area contributed by atoms with Gasteiger partial charge in [0.05, 0.1) is 0 Å². The molecule has 0 aliphatic carbocycles. The molecule has 0 N–H and O–H groups in total. The van der Waals surface area contributed by atoms with Crippen molar-refractivity contribution >= 4 is 24.7 Å². The fourth-order valence-electron chi connectivity index (χ4n) is 1.52. The van der Waals surface area contributed by atoms with Crippen molar-refractivity contribution < 1.29 is 9.47 Å². The molecular formula is C13H17NO2Sn. The molecule has 0 aliphatic rings. The standard InChI is InChI=1S/C9H8NO2.C4H9.Sn/c1-11-8-3-4-9(12-2)7(5-8)6-10;1-4(2)3;/h3,5H,1-2H3;1-3H3;. The Labute approximate surface area is 113 Å². The van der Waals surface area contributed by atoms with Gasteiger partial charge in [0.2, 0.25) is 0 Å². The van der Waals surface area contributed by atoms with E-state index in [9.17, 15) is 0 Å². The number of hydrogen-bond donors (Lipinski definition) is 0. The number of nitrogens with zero attached hydrogens (tertiary/aromatic N) is 1. The fourth-order valence-corrected chi connectivity index (χ4v) is 5.44. The van der Waals surface area contributed by atoms with Crippen molar-refractivity contribution in [3.63, 3.8) is 0 Å². The van der Waals surface area contributed by atoms with Crippen molar-refractivity contribution in [2.75, 3.05) is 14.2 Å². The van der Waals surface area contributed by atoms with Crippen molar-refractivity contribution in [1.82, 2.24) is 0 Å². The Bertz CT molecular complexity index is 444. The minimum absolute atomic E-state index is 0.301. The van der Waals surface area contributed by atoms with Gasteiger partial charge in [-0.1, -0.05) is 0 Å². The van der Waals surface area contributed by atoms with E-state index in [2.05, 4.69) is 26.8 Å². The molecule has 1 rings (SSSR count). The first kappa shape index (κ1) is 14.2. The molecule has 0 bridgehead atoms. The molecule has 0 spiro atoms.